The van der Waals surface area contributed by atoms with Crippen LogP contribution in [-0.2, 0) is 9.59 Å². The second-order valence-electron chi connectivity index (χ2n) is 7.03. The van der Waals surface area contributed by atoms with Crippen molar-refractivity contribution in [3.63, 3.8) is 0 Å². The summed E-state index contributed by atoms with van der Waals surface area (Å²) < 4.78 is 13.1. The van der Waals surface area contributed by atoms with Crippen LogP contribution < -0.4 is 10.2 Å². The van der Waals surface area contributed by atoms with Crippen molar-refractivity contribution in [1.29, 1.82) is 0 Å². The van der Waals surface area contributed by atoms with Crippen LogP contribution in [0, 0.1) is 5.82 Å². The summed E-state index contributed by atoms with van der Waals surface area (Å²) in [6.07, 6.45) is 0.785. The molecular weight excluding hydrogens is 335 g/mol. The second kappa shape index (κ2) is 8.03. The molecule has 0 aromatic heterocycles. The molecule has 2 fully saturated rings. The predicted octanol–water partition coefficient (Wildman–Crippen LogP) is 1.07. The third-order valence-electron chi connectivity index (χ3n) is 5.42. The molecule has 0 radical (unpaired) electrons. The standard InChI is InChI=1S/C19H27FN4O2/c1-14-18(25)21-8-3-9-24(14)19(26)15(2)22-10-12-23(13-11-22)17-6-4-16(20)5-7-17/h4-7,14-15H,3,8-13H2,1-2H3,(H,21,25). The number of benzene rings is 1. The third kappa shape index (κ3) is 3.98. The van der Waals surface area contributed by atoms with Gasteiger partial charge in [0.25, 0.3) is 0 Å². The van der Waals surface area contributed by atoms with Gasteiger partial charge < -0.3 is 15.1 Å². The van der Waals surface area contributed by atoms with E-state index in [2.05, 4.69) is 15.1 Å². The smallest absolute Gasteiger partial charge is 0.242 e. The molecule has 2 unspecified atom stereocenters. The fourth-order valence-corrected chi connectivity index (χ4v) is 3.66. The van der Waals surface area contributed by atoms with Gasteiger partial charge in [0.15, 0.2) is 0 Å². The lowest BCUT2D eigenvalue weighted by Crippen LogP contribution is -2.57. The number of hydrogen-bond donors (Lipinski definition) is 1. The number of nitrogens with one attached hydrogen (secondary N) is 1. The van der Waals surface area contributed by atoms with Gasteiger partial charge in [-0.1, -0.05) is 0 Å². The molecule has 0 bridgehead atoms. The highest BCUT2D eigenvalue weighted by molar-refractivity contribution is 5.89. The van der Waals surface area contributed by atoms with E-state index >= 15 is 0 Å². The van der Waals surface area contributed by atoms with Crippen molar-refractivity contribution in [2.75, 3.05) is 44.2 Å². The van der Waals surface area contributed by atoms with Crippen LogP contribution in [0.15, 0.2) is 24.3 Å². The van der Waals surface area contributed by atoms with Gasteiger partial charge in [-0.15, -0.1) is 0 Å². The number of amides is 2. The maximum atomic E-state index is 13.1. The molecule has 7 heteroatoms. The Morgan fingerprint density at radius 3 is 2.46 bits per heavy atom. The summed E-state index contributed by atoms with van der Waals surface area (Å²) in [4.78, 5) is 31.0. The summed E-state index contributed by atoms with van der Waals surface area (Å²) in [6, 6.07) is 5.85. The van der Waals surface area contributed by atoms with Crippen LogP contribution in [-0.4, -0.2) is 73.0 Å². The zero-order valence-corrected chi connectivity index (χ0v) is 15.4. The van der Waals surface area contributed by atoms with Crippen LogP contribution in [0.1, 0.15) is 20.3 Å². The Morgan fingerprint density at radius 1 is 1.15 bits per heavy atom. The van der Waals surface area contributed by atoms with Gasteiger partial charge in [-0.05, 0) is 44.5 Å². The van der Waals surface area contributed by atoms with Crippen LogP contribution in [0.2, 0.25) is 0 Å². The summed E-state index contributed by atoms with van der Waals surface area (Å²) in [5.74, 6) is -0.295. The quantitative estimate of drug-likeness (QED) is 0.874. The lowest BCUT2D eigenvalue weighted by atomic mass is 10.1. The molecule has 2 atom stereocenters. The van der Waals surface area contributed by atoms with E-state index in [0.717, 1.165) is 38.3 Å². The first-order valence-electron chi connectivity index (χ1n) is 9.30. The maximum Gasteiger partial charge on any atom is 0.242 e. The summed E-state index contributed by atoms with van der Waals surface area (Å²) in [5, 5.41) is 2.85. The van der Waals surface area contributed by atoms with E-state index in [-0.39, 0.29) is 23.7 Å². The molecule has 2 aliphatic heterocycles. The summed E-state index contributed by atoms with van der Waals surface area (Å²) >= 11 is 0. The molecule has 0 aliphatic carbocycles. The lowest BCUT2D eigenvalue weighted by molar-refractivity contribution is -0.142. The Hall–Kier alpha value is -2.15. The minimum absolute atomic E-state index is 0.0183. The average Bonchev–Trinajstić information content (AvgIpc) is 2.83. The van der Waals surface area contributed by atoms with Crippen molar-refractivity contribution in [2.45, 2.75) is 32.4 Å². The Kier molecular flexibility index (Phi) is 5.76. The summed E-state index contributed by atoms with van der Waals surface area (Å²) in [7, 11) is 0. The molecule has 2 heterocycles. The van der Waals surface area contributed by atoms with Crippen molar-refractivity contribution in [2.24, 2.45) is 0 Å². The normalized spacial score (nSPS) is 23.3. The molecule has 142 valence electrons. The Bertz CT molecular complexity index is 643. The molecule has 6 nitrogen and oxygen atoms in total. The van der Waals surface area contributed by atoms with E-state index < -0.39 is 6.04 Å². The molecule has 0 spiro atoms. The van der Waals surface area contributed by atoms with Gasteiger partial charge in [-0.2, -0.15) is 0 Å². The van der Waals surface area contributed by atoms with E-state index in [4.69, 9.17) is 0 Å². The highest BCUT2D eigenvalue weighted by atomic mass is 19.1. The van der Waals surface area contributed by atoms with E-state index in [1.165, 1.54) is 12.1 Å². The largest absolute Gasteiger partial charge is 0.369 e. The summed E-state index contributed by atoms with van der Waals surface area (Å²) in [6.45, 7) is 8.05. The first-order chi connectivity index (χ1) is 12.5. The third-order valence-corrected chi connectivity index (χ3v) is 5.42. The van der Waals surface area contributed by atoms with Gasteiger partial charge in [0.05, 0.1) is 6.04 Å². The summed E-state index contributed by atoms with van der Waals surface area (Å²) in [5.41, 5.74) is 1.00. The van der Waals surface area contributed by atoms with Crippen LogP contribution in [0.5, 0.6) is 0 Å². The molecule has 0 saturated carbocycles. The van der Waals surface area contributed by atoms with Gasteiger partial charge in [-0.3, -0.25) is 14.5 Å². The highest BCUT2D eigenvalue weighted by Crippen LogP contribution is 2.19. The molecule has 2 aliphatic rings. The average molecular weight is 362 g/mol. The number of anilines is 1. The Morgan fingerprint density at radius 2 is 1.81 bits per heavy atom. The zero-order chi connectivity index (χ0) is 18.7. The highest BCUT2D eigenvalue weighted by Gasteiger charge is 2.33. The number of carbonyl (C=O) groups excluding carboxylic acids is 2. The van der Waals surface area contributed by atoms with E-state index in [9.17, 15) is 14.0 Å². The number of hydrogen-bond acceptors (Lipinski definition) is 4. The molecule has 1 N–H and O–H groups in total. The molecular formula is C19H27FN4O2. The van der Waals surface area contributed by atoms with E-state index in [1.807, 2.05) is 6.92 Å². The fourth-order valence-electron chi connectivity index (χ4n) is 3.66. The molecule has 2 saturated heterocycles. The number of piperazine rings is 1. The minimum Gasteiger partial charge on any atom is -0.369 e. The molecule has 2 amide bonds. The number of carbonyl (C=O) groups is 2. The Labute approximate surface area is 153 Å². The second-order valence-corrected chi connectivity index (χ2v) is 7.03. The van der Waals surface area contributed by atoms with Crippen molar-refractivity contribution >= 4 is 17.5 Å². The van der Waals surface area contributed by atoms with Gasteiger partial charge in [-0.25, -0.2) is 4.39 Å². The Balaban J connectivity index is 1.58. The van der Waals surface area contributed by atoms with Crippen LogP contribution in [0.25, 0.3) is 0 Å². The van der Waals surface area contributed by atoms with E-state index in [0.29, 0.717) is 13.1 Å². The first-order valence-corrected chi connectivity index (χ1v) is 9.30. The monoisotopic (exact) mass is 362 g/mol. The SMILES string of the molecule is CC(C(=O)N1CCCNC(=O)C1C)N1CCN(c2ccc(F)cc2)CC1. The molecule has 3 rings (SSSR count). The lowest BCUT2D eigenvalue weighted by Gasteiger charge is -2.40. The number of nitrogens with zero attached hydrogens (tertiary/aromatic N) is 3. The van der Waals surface area contributed by atoms with Crippen molar-refractivity contribution < 1.29 is 14.0 Å². The van der Waals surface area contributed by atoms with Crippen molar-refractivity contribution in [1.82, 2.24) is 15.1 Å². The molecule has 26 heavy (non-hydrogen) atoms. The minimum atomic E-state index is -0.423. The number of rotatable bonds is 3. The van der Waals surface area contributed by atoms with Gasteiger partial charge >= 0.3 is 0 Å². The predicted molar refractivity (Wildman–Crippen MR) is 98.4 cm³/mol. The number of halogens is 1. The van der Waals surface area contributed by atoms with Gasteiger partial charge in [0, 0.05) is 45.0 Å². The fraction of sp³-hybridized carbons (Fsp3) is 0.579. The van der Waals surface area contributed by atoms with Crippen LogP contribution in [0.4, 0.5) is 10.1 Å². The topological polar surface area (TPSA) is 55.9 Å². The van der Waals surface area contributed by atoms with Crippen molar-refractivity contribution in [3.8, 4) is 0 Å². The van der Waals surface area contributed by atoms with E-state index in [1.54, 1.807) is 24.0 Å². The molecule has 1 aromatic carbocycles. The molecule has 1 aromatic rings. The van der Waals surface area contributed by atoms with Gasteiger partial charge in [0.2, 0.25) is 11.8 Å². The maximum absolute atomic E-state index is 13.1. The van der Waals surface area contributed by atoms with Crippen LogP contribution in [0.3, 0.4) is 0 Å². The first kappa shape index (κ1) is 18.6. The van der Waals surface area contributed by atoms with Crippen LogP contribution >= 0.6 is 0 Å². The zero-order valence-electron chi connectivity index (χ0n) is 15.4. The van der Waals surface area contributed by atoms with Gasteiger partial charge in [0.1, 0.15) is 11.9 Å². The van der Waals surface area contributed by atoms with Crippen molar-refractivity contribution in [3.05, 3.63) is 30.1 Å².